The molecule has 1 N–H and O–H groups in total. The maximum Gasteiger partial charge on any atom is 0.231 e. The fourth-order valence-corrected chi connectivity index (χ4v) is 3.61. The van der Waals surface area contributed by atoms with Gasteiger partial charge in [-0.25, -0.2) is 4.98 Å². The Kier molecular flexibility index (Phi) is 3.89. The van der Waals surface area contributed by atoms with E-state index in [0.29, 0.717) is 12.7 Å². The molecule has 3 heterocycles. The van der Waals surface area contributed by atoms with Gasteiger partial charge in [0.15, 0.2) is 11.5 Å². The highest BCUT2D eigenvalue weighted by Gasteiger charge is 2.22. The van der Waals surface area contributed by atoms with Crippen LogP contribution in [-0.4, -0.2) is 29.4 Å². The maximum absolute atomic E-state index is 5.57. The van der Waals surface area contributed by atoms with Crippen molar-refractivity contribution in [2.45, 2.75) is 39.7 Å². The van der Waals surface area contributed by atoms with Crippen molar-refractivity contribution in [3.05, 3.63) is 18.0 Å². The highest BCUT2D eigenvalue weighted by Crippen LogP contribution is 2.37. The minimum atomic E-state index is 0.315. The normalized spacial score (nSPS) is 18.2. The van der Waals surface area contributed by atoms with Crippen molar-refractivity contribution in [1.82, 2.24) is 14.9 Å². The number of piperidine rings is 1. The quantitative estimate of drug-likeness (QED) is 0.942. The van der Waals surface area contributed by atoms with E-state index in [1.807, 2.05) is 6.07 Å². The third-order valence-electron chi connectivity index (χ3n) is 4.81. The Morgan fingerprint density at radius 1 is 1.22 bits per heavy atom. The third-order valence-corrected chi connectivity index (χ3v) is 4.81. The number of ether oxygens (including phenoxy) is 2. The largest absolute Gasteiger partial charge is 0.454 e. The first kappa shape index (κ1) is 14.8. The van der Waals surface area contributed by atoms with Crippen LogP contribution in [0.5, 0.6) is 11.5 Å². The second-order valence-electron chi connectivity index (χ2n) is 7.12. The summed E-state index contributed by atoms with van der Waals surface area (Å²) in [4.78, 5) is 4.91. The fraction of sp³-hybridized carbons (Fsp3) is 0.611. The molecule has 2 aliphatic heterocycles. The van der Waals surface area contributed by atoms with Crippen molar-refractivity contribution in [1.29, 1.82) is 0 Å². The van der Waals surface area contributed by atoms with Crippen LogP contribution in [0.15, 0.2) is 12.1 Å². The van der Waals surface area contributed by atoms with Gasteiger partial charge in [-0.2, -0.15) is 0 Å². The maximum atomic E-state index is 5.57. The SMILES string of the molecule is CC(C)Cc1nc2cc3c(cc2n1CC1CCNCC1)OCO3. The fourth-order valence-electron chi connectivity index (χ4n) is 3.61. The molecule has 2 aromatic rings. The number of rotatable bonds is 4. The van der Waals surface area contributed by atoms with E-state index in [2.05, 4.69) is 29.8 Å². The summed E-state index contributed by atoms with van der Waals surface area (Å²) in [5.74, 6) is 4.18. The lowest BCUT2D eigenvalue weighted by Gasteiger charge is -2.24. The molecule has 0 spiro atoms. The van der Waals surface area contributed by atoms with Crippen molar-refractivity contribution < 1.29 is 9.47 Å². The molecule has 0 bridgehead atoms. The Labute approximate surface area is 137 Å². The summed E-state index contributed by atoms with van der Waals surface area (Å²) in [6, 6.07) is 4.13. The highest BCUT2D eigenvalue weighted by atomic mass is 16.7. The van der Waals surface area contributed by atoms with Gasteiger partial charge in [-0.15, -0.1) is 0 Å². The Balaban J connectivity index is 1.74. The Morgan fingerprint density at radius 2 is 1.96 bits per heavy atom. The predicted octanol–water partition coefficient (Wildman–Crippen LogP) is 2.96. The molecule has 0 atom stereocenters. The number of benzene rings is 1. The number of hydrogen-bond acceptors (Lipinski definition) is 4. The molecule has 1 aromatic heterocycles. The molecule has 1 aromatic carbocycles. The molecule has 0 amide bonds. The van der Waals surface area contributed by atoms with E-state index in [4.69, 9.17) is 14.5 Å². The van der Waals surface area contributed by atoms with Gasteiger partial charge in [0.05, 0.1) is 11.0 Å². The molecule has 0 radical (unpaired) electrons. The average molecular weight is 315 g/mol. The topological polar surface area (TPSA) is 48.3 Å². The Hall–Kier alpha value is -1.75. The first-order valence-corrected chi connectivity index (χ1v) is 8.70. The van der Waals surface area contributed by atoms with Crippen LogP contribution in [0.25, 0.3) is 11.0 Å². The predicted molar refractivity (Wildman–Crippen MR) is 90.0 cm³/mol. The van der Waals surface area contributed by atoms with Gasteiger partial charge >= 0.3 is 0 Å². The summed E-state index contributed by atoms with van der Waals surface area (Å²) in [7, 11) is 0. The van der Waals surface area contributed by atoms with Crippen molar-refractivity contribution in [2.24, 2.45) is 11.8 Å². The molecule has 5 heteroatoms. The lowest BCUT2D eigenvalue weighted by atomic mass is 9.98. The zero-order valence-electron chi connectivity index (χ0n) is 14.0. The zero-order chi connectivity index (χ0) is 15.8. The van der Waals surface area contributed by atoms with E-state index in [9.17, 15) is 0 Å². The van der Waals surface area contributed by atoms with Gasteiger partial charge in [0.25, 0.3) is 0 Å². The van der Waals surface area contributed by atoms with Crippen molar-refractivity contribution in [3.63, 3.8) is 0 Å². The number of hydrogen-bond donors (Lipinski definition) is 1. The van der Waals surface area contributed by atoms with Crippen LogP contribution >= 0.6 is 0 Å². The highest BCUT2D eigenvalue weighted by molar-refractivity contribution is 5.81. The number of nitrogens with zero attached hydrogens (tertiary/aromatic N) is 2. The van der Waals surface area contributed by atoms with Crippen LogP contribution in [0.4, 0.5) is 0 Å². The van der Waals surface area contributed by atoms with Crippen LogP contribution in [0.3, 0.4) is 0 Å². The van der Waals surface area contributed by atoms with E-state index in [1.54, 1.807) is 0 Å². The molecule has 5 nitrogen and oxygen atoms in total. The van der Waals surface area contributed by atoms with Crippen molar-refractivity contribution in [2.75, 3.05) is 19.9 Å². The molecule has 4 rings (SSSR count). The van der Waals surface area contributed by atoms with E-state index >= 15 is 0 Å². The zero-order valence-corrected chi connectivity index (χ0v) is 14.0. The van der Waals surface area contributed by atoms with Crippen molar-refractivity contribution >= 4 is 11.0 Å². The van der Waals surface area contributed by atoms with Gasteiger partial charge in [-0.1, -0.05) is 13.8 Å². The second kappa shape index (κ2) is 6.04. The summed E-state index contributed by atoms with van der Waals surface area (Å²) >= 11 is 0. The number of fused-ring (bicyclic) bond motifs is 2. The first-order chi connectivity index (χ1) is 11.2. The lowest BCUT2D eigenvalue weighted by Crippen LogP contribution is -2.30. The van der Waals surface area contributed by atoms with Crippen molar-refractivity contribution in [3.8, 4) is 11.5 Å². The summed E-state index contributed by atoms with van der Waals surface area (Å²) in [5, 5.41) is 3.45. The van der Waals surface area contributed by atoms with Crippen LogP contribution in [0, 0.1) is 11.8 Å². The molecule has 0 unspecified atom stereocenters. The van der Waals surface area contributed by atoms with Gasteiger partial charge < -0.3 is 19.4 Å². The summed E-state index contributed by atoms with van der Waals surface area (Å²) < 4.78 is 13.5. The molecule has 1 saturated heterocycles. The molecule has 23 heavy (non-hydrogen) atoms. The molecular formula is C18H25N3O2. The van der Waals surface area contributed by atoms with Crippen LogP contribution in [0.2, 0.25) is 0 Å². The summed E-state index contributed by atoms with van der Waals surface area (Å²) in [6.07, 6.45) is 3.49. The molecule has 124 valence electrons. The molecule has 1 fully saturated rings. The monoisotopic (exact) mass is 315 g/mol. The van der Waals surface area contributed by atoms with Gasteiger partial charge in [0.2, 0.25) is 6.79 Å². The minimum Gasteiger partial charge on any atom is -0.454 e. The summed E-state index contributed by atoms with van der Waals surface area (Å²) in [5.41, 5.74) is 2.21. The molecular weight excluding hydrogens is 290 g/mol. The molecule has 2 aliphatic rings. The van der Waals surface area contributed by atoms with E-state index in [0.717, 1.165) is 49.0 Å². The minimum absolute atomic E-state index is 0.315. The molecule has 0 saturated carbocycles. The van der Waals surface area contributed by atoms with E-state index in [-0.39, 0.29) is 0 Å². The standard InChI is InChI=1S/C18H25N3O2/c1-12(2)7-18-20-14-8-16-17(23-11-22-16)9-15(14)21(18)10-13-3-5-19-6-4-13/h8-9,12-13,19H,3-7,10-11H2,1-2H3. The number of aromatic nitrogens is 2. The number of imidazole rings is 1. The van der Waals surface area contributed by atoms with E-state index < -0.39 is 0 Å². The van der Waals surface area contributed by atoms with Crippen LogP contribution in [0.1, 0.15) is 32.5 Å². The van der Waals surface area contributed by atoms with Crippen LogP contribution in [-0.2, 0) is 13.0 Å². The third kappa shape index (κ3) is 2.90. The smallest absolute Gasteiger partial charge is 0.231 e. The van der Waals surface area contributed by atoms with Gasteiger partial charge in [0, 0.05) is 25.1 Å². The number of nitrogens with one attached hydrogen (secondary N) is 1. The Bertz CT molecular complexity index is 702. The molecule has 0 aliphatic carbocycles. The lowest BCUT2D eigenvalue weighted by molar-refractivity contribution is 0.174. The summed E-state index contributed by atoms with van der Waals surface area (Å²) in [6.45, 7) is 8.13. The van der Waals surface area contributed by atoms with Crippen LogP contribution < -0.4 is 14.8 Å². The first-order valence-electron chi connectivity index (χ1n) is 8.70. The van der Waals surface area contributed by atoms with E-state index in [1.165, 1.54) is 24.2 Å². The van der Waals surface area contributed by atoms with Gasteiger partial charge in [-0.05, 0) is 37.8 Å². The Morgan fingerprint density at radius 3 is 2.70 bits per heavy atom. The average Bonchev–Trinajstić information content (AvgIpc) is 3.10. The van der Waals surface area contributed by atoms with Gasteiger partial charge in [-0.3, -0.25) is 0 Å². The van der Waals surface area contributed by atoms with Gasteiger partial charge in [0.1, 0.15) is 5.82 Å². The second-order valence-corrected chi connectivity index (χ2v) is 7.12.